The molecule has 0 aliphatic heterocycles. The van der Waals surface area contributed by atoms with Gasteiger partial charge in [-0.05, 0) is 40.0 Å². The van der Waals surface area contributed by atoms with Crippen LogP contribution < -0.4 is 10.6 Å². The van der Waals surface area contributed by atoms with Crippen molar-refractivity contribution < 1.29 is 9.53 Å². The second-order valence-corrected chi connectivity index (χ2v) is 6.61. The number of carbonyl (C=O) groups excluding carboxylic acids is 1. The first-order valence-corrected chi connectivity index (χ1v) is 8.15. The average molecular weight is 442 g/mol. The molecule has 0 aromatic rings. The monoisotopic (exact) mass is 442 g/mol. The largest absolute Gasteiger partial charge is 0.444 e. The Balaban J connectivity index is 0. The maximum absolute atomic E-state index is 11.9. The topological polar surface area (TPSA) is 66.0 Å². The number of hydrogen-bond donors (Lipinski definition) is 2. The van der Waals surface area contributed by atoms with E-state index in [2.05, 4.69) is 29.5 Å². The first kappa shape index (κ1) is 24.5. The molecule has 6 nitrogen and oxygen atoms in total. The molecule has 0 aromatic carbocycles. The molecule has 0 aliphatic carbocycles. The summed E-state index contributed by atoms with van der Waals surface area (Å²) in [5.41, 5.74) is -0.463. The fourth-order valence-electron chi connectivity index (χ4n) is 1.77. The lowest BCUT2D eigenvalue weighted by molar-refractivity contribution is 0.0279. The number of ether oxygens (including phenoxy) is 1. The molecule has 0 aromatic heterocycles. The van der Waals surface area contributed by atoms with E-state index >= 15 is 0 Å². The van der Waals surface area contributed by atoms with Crippen molar-refractivity contribution in [2.75, 3.05) is 33.2 Å². The van der Waals surface area contributed by atoms with Crippen molar-refractivity contribution >= 4 is 36.0 Å². The summed E-state index contributed by atoms with van der Waals surface area (Å²) in [6, 6.07) is 0. The molecular weight excluding hydrogens is 407 g/mol. The molecule has 1 atom stereocenters. The van der Waals surface area contributed by atoms with Crippen LogP contribution in [0.2, 0.25) is 0 Å². The molecule has 7 heteroatoms. The van der Waals surface area contributed by atoms with Crippen LogP contribution in [0.3, 0.4) is 0 Å². The van der Waals surface area contributed by atoms with Crippen molar-refractivity contribution in [3.05, 3.63) is 0 Å². The van der Waals surface area contributed by atoms with Gasteiger partial charge in [-0.15, -0.1) is 24.0 Å². The van der Waals surface area contributed by atoms with E-state index in [-0.39, 0.29) is 36.0 Å². The van der Waals surface area contributed by atoms with Gasteiger partial charge < -0.3 is 20.3 Å². The van der Waals surface area contributed by atoms with Crippen LogP contribution in [0.25, 0.3) is 0 Å². The van der Waals surface area contributed by atoms with Crippen LogP contribution in [0.15, 0.2) is 4.99 Å². The molecule has 0 aliphatic rings. The van der Waals surface area contributed by atoms with E-state index in [4.69, 9.17) is 4.74 Å². The van der Waals surface area contributed by atoms with E-state index in [1.807, 2.05) is 27.7 Å². The molecule has 2 N–H and O–H groups in total. The Labute approximate surface area is 158 Å². The lowest BCUT2D eigenvalue weighted by atomic mass is 10.2. The van der Waals surface area contributed by atoms with E-state index in [1.54, 1.807) is 11.9 Å². The van der Waals surface area contributed by atoms with Gasteiger partial charge in [0.15, 0.2) is 5.96 Å². The fourth-order valence-corrected chi connectivity index (χ4v) is 1.77. The van der Waals surface area contributed by atoms with Crippen molar-refractivity contribution in [2.45, 2.75) is 53.6 Å². The highest BCUT2D eigenvalue weighted by Crippen LogP contribution is 2.10. The van der Waals surface area contributed by atoms with Gasteiger partial charge in [-0.3, -0.25) is 4.99 Å². The van der Waals surface area contributed by atoms with Crippen molar-refractivity contribution in [3.63, 3.8) is 0 Å². The van der Waals surface area contributed by atoms with Gasteiger partial charge in [0, 0.05) is 33.2 Å². The molecular formula is C16H35IN4O2. The van der Waals surface area contributed by atoms with E-state index in [0.717, 1.165) is 25.5 Å². The highest BCUT2D eigenvalue weighted by molar-refractivity contribution is 14.0. The second-order valence-electron chi connectivity index (χ2n) is 6.61. The number of amides is 1. The summed E-state index contributed by atoms with van der Waals surface area (Å²) >= 11 is 0. The molecule has 0 rings (SSSR count). The summed E-state index contributed by atoms with van der Waals surface area (Å²) in [5, 5.41) is 6.48. The van der Waals surface area contributed by atoms with Crippen LogP contribution in [0.1, 0.15) is 48.0 Å². The predicted octanol–water partition coefficient (Wildman–Crippen LogP) is 3.07. The lowest BCUT2D eigenvalue weighted by Gasteiger charge is -2.26. The van der Waals surface area contributed by atoms with E-state index in [9.17, 15) is 4.79 Å². The minimum absolute atomic E-state index is 0. The maximum Gasteiger partial charge on any atom is 0.410 e. The number of nitrogens with one attached hydrogen (secondary N) is 2. The molecule has 0 bridgehead atoms. The van der Waals surface area contributed by atoms with E-state index < -0.39 is 5.60 Å². The number of guanidine groups is 1. The number of nitrogens with zero attached hydrogens (tertiary/aromatic N) is 2. The smallest absolute Gasteiger partial charge is 0.410 e. The Morgan fingerprint density at radius 2 is 1.87 bits per heavy atom. The van der Waals surface area contributed by atoms with Crippen LogP contribution in [0, 0.1) is 5.92 Å². The number of halogens is 1. The quantitative estimate of drug-likeness (QED) is 0.361. The van der Waals surface area contributed by atoms with Gasteiger partial charge in [0.1, 0.15) is 5.60 Å². The number of aliphatic imine (C=N–C) groups is 1. The number of carbonyl (C=O) groups is 1. The molecule has 0 saturated carbocycles. The maximum atomic E-state index is 11.9. The Kier molecular flexibility index (Phi) is 13.5. The van der Waals surface area contributed by atoms with Gasteiger partial charge in [0.05, 0.1) is 0 Å². The van der Waals surface area contributed by atoms with Crippen LogP contribution >= 0.6 is 24.0 Å². The van der Waals surface area contributed by atoms with Crippen molar-refractivity contribution in [3.8, 4) is 0 Å². The summed E-state index contributed by atoms with van der Waals surface area (Å²) in [4.78, 5) is 18.1. The minimum atomic E-state index is -0.463. The zero-order chi connectivity index (χ0) is 17.2. The summed E-state index contributed by atoms with van der Waals surface area (Å²) in [6.45, 7) is 14.9. The molecule has 0 spiro atoms. The first-order valence-electron chi connectivity index (χ1n) is 8.15. The molecule has 0 fully saturated rings. The average Bonchev–Trinajstić information content (AvgIpc) is 2.40. The summed E-state index contributed by atoms with van der Waals surface area (Å²) in [5.74, 6) is 1.09. The molecule has 0 saturated heterocycles. The number of hydrogen-bond acceptors (Lipinski definition) is 3. The Bertz CT molecular complexity index is 356. The summed E-state index contributed by atoms with van der Waals surface area (Å²) < 4.78 is 5.34. The summed E-state index contributed by atoms with van der Waals surface area (Å²) in [6.07, 6.45) is 0.765. The Morgan fingerprint density at radius 1 is 1.26 bits per heavy atom. The SMILES string of the molecule is CCCNC(=NCC(C)CN(C)C(=O)OC(C)(C)C)NCC.I. The standard InChI is InChI=1S/C16H34N4O2.HI/c1-8-10-18-14(17-9-2)19-11-13(3)12-20(7)15(21)22-16(4,5)6;/h13H,8-12H2,1-7H3,(H2,17,18,19);1H. The van der Waals surface area contributed by atoms with Crippen LogP contribution in [-0.4, -0.2) is 55.8 Å². The van der Waals surface area contributed by atoms with Gasteiger partial charge in [-0.2, -0.15) is 0 Å². The van der Waals surface area contributed by atoms with Crippen LogP contribution in [0.5, 0.6) is 0 Å². The molecule has 1 unspecified atom stereocenters. The zero-order valence-electron chi connectivity index (χ0n) is 15.7. The van der Waals surface area contributed by atoms with Gasteiger partial charge in [0.2, 0.25) is 0 Å². The third-order valence-electron chi connectivity index (χ3n) is 2.74. The van der Waals surface area contributed by atoms with Crippen molar-refractivity contribution in [2.24, 2.45) is 10.9 Å². The highest BCUT2D eigenvalue weighted by Gasteiger charge is 2.20. The normalized spacial score (nSPS) is 12.9. The molecule has 23 heavy (non-hydrogen) atoms. The van der Waals surface area contributed by atoms with Gasteiger partial charge >= 0.3 is 6.09 Å². The van der Waals surface area contributed by atoms with Crippen LogP contribution in [0.4, 0.5) is 4.79 Å². The second kappa shape index (κ2) is 12.7. The van der Waals surface area contributed by atoms with Gasteiger partial charge in [-0.25, -0.2) is 4.79 Å². The molecule has 0 radical (unpaired) electrons. The molecule has 138 valence electrons. The first-order chi connectivity index (χ1) is 10.2. The van der Waals surface area contributed by atoms with Gasteiger partial charge in [0.25, 0.3) is 0 Å². The molecule has 0 heterocycles. The van der Waals surface area contributed by atoms with Crippen LogP contribution in [-0.2, 0) is 4.74 Å². The van der Waals surface area contributed by atoms with Gasteiger partial charge in [-0.1, -0.05) is 13.8 Å². The van der Waals surface area contributed by atoms with Crippen molar-refractivity contribution in [1.29, 1.82) is 0 Å². The molecule has 1 amide bonds. The lowest BCUT2D eigenvalue weighted by Crippen LogP contribution is -2.39. The summed E-state index contributed by atoms with van der Waals surface area (Å²) in [7, 11) is 1.76. The zero-order valence-corrected chi connectivity index (χ0v) is 18.1. The third kappa shape index (κ3) is 13.4. The van der Waals surface area contributed by atoms with Crippen molar-refractivity contribution in [1.82, 2.24) is 15.5 Å². The van der Waals surface area contributed by atoms with E-state index in [1.165, 1.54) is 0 Å². The highest BCUT2D eigenvalue weighted by atomic mass is 127. The number of rotatable bonds is 7. The Morgan fingerprint density at radius 3 is 2.35 bits per heavy atom. The Hall–Kier alpha value is -0.730. The fraction of sp³-hybridized carbons (Fsp3) is 0.875. The minimum Gasteiger partial charge on any atom is -0.444 e. The predicted molar refractivity (Wildman–Crippen MR) is 108 cm³/mol. The van der Waals surface area contributed by atoms with E-state index in [0.29, 0.717) is 13.1 Å². The third-order valence-corrected chi connectivity index (χ3v) is 2.74.